The first kappa shape index (κ1) is 21.8. The van der Waals surface area contributed by atoms with Crippen LogP contribution >= 0.6 is 11.3 Å². The van der Waals surface area contributed by atoms with E-state index in [0.29, 0.717) is 16.5 Å². The number of thiophene rings is 1. The SMILES string of the molecule is COCC(=O)N(CC(=O)Nc1sc2c(c1C(N)=O)CC[C@@H](C)C2)C1CCCCC1. The second kappa shape index (κ2) is 9.71. The number of ether oxygens (including phenoxy) is 1. The summed E-state index contributed by atoms with van der Waals surface area (Å²) < 4.78 is 5.01. The Morgan fingerprint density at radius 3 is 2.59 bits per heavy atom. The number of fused-ring (bicyclic) bond motifs is 1. The number of nitrogens with one attached hydrogen (secondary N) is 1. The quantitative estimate of drug-likeness (QED) is 0.707. The van der Waals surface area contributed by atoms with Crippen LogP contribution in [0.3, 0.4) is 0 Å². The minimum Gasteiger partial charge on any atom is -0.375 e. The Morgan fingerprint density at radius 2 is 1.93 bits per heavy atom. The van der Waals surface area contributed by atoms with E-state index in [-0.39, 0.29) is 31.0 Å². The number of hydrogen-bond donors (Lipinski definition) is 2. The van der Waals surface area contributed by atoms with Crippen molar-refractivity contribution in [2.24, 2.45) is 11.7 Å². The van der Waals surface area contributed by atoms with Gasteiger partial charge in [-0.2, -0.15) is 0 Å². The third-order valence-corrected chi connectivity index (χ3v) is 7.10. The van der Waals surface area contributed by atoms with Crippen LogP contribution in [0.15, 0.2) is 0 Å². The number of nitrogens with two attached hydrogens (primary N) is 1. The van der Waals surface area contributed by atoms with Gasteiger partial charge in [-0.25, -0.2) is 0 Å². The van der Waals surface area contributed by atoms with E-state index >= 15 is 0 Å². The maximum atomic E-state index is 12.8. The molecule has 0 saturated heterocycles. The first-order chi connectivity index (χ1) is 13.9. The molecule has 7 nitrogen and oxygen atoms in total. The number of primary amides is 1. The van der Waals surface area contributed by atoms with E-state index in [2.05, 4.69) is 12.2 Å². The molecule has 8 heteroatoms. The number of carbonyl (C=O) groups excluding carboxylic acids is 3. The van der Waals surface area contributed by atoms with Crippen LogP contribution in [0.25, 0.3) is 0 Å². The van der Waals surface area contributed by atoms with Crippen molar-refractivity contribution in [3.05, 3.63) is 16.0 Å². The summed E-state index contributed by atoms with van der Waals surface area (Å²) in [6.45, 7) is 2.11. The fourth-order valence-electron chi connectivity index (χ4n) is 4.44. The molecule has 2 aliphatic rings. The van der Waals surface area contributed by atoms with Crippen molar-refractivity contribution < 1.29 is 19.1 Å². The summed E-state index contributed by atoms with van der Waals surface area (Å²) in [5.74, 6) is -0.427. The molecule has 0 spiro atoms. The smallest absolute Gasteiger partial charge is 0.251 e. The van der Waals surface area contributed by atoms with Crippen LogP contribution in [-0.2, 0) is 27.2 Å². The number of hydrogen-bond acceptors (Lipinski definition) is 5. The third kappa shape index (κ3) is 5.17. The van der Waals surface area contributed by atoms with Gasteiger partial charge in [0.25, 0.3) is 5.91 Å². The van der Waals surface area contributed by atoms with Crippen LogP contribution in [-0.4, -0.2) is 48.9 Å². The summed E-state index contributed by atoms with van der Waals surface area (Å²) >= 11 is 1.44. The molecule has 0 aromatic carbocycles. The topological polar surface area (TPSA) is 102 Å². The molecule has 2 aliphatic carbocycles. The van der Waals surface area contributed by atoms with Crippen molar-refractivity contribution in [2.75, 3.05) is 25.6 Å². The fourth-order valence-corrected chi connectivity index (χ4v) is 5.87. The number of methoxy groups -OCH3 is 1. The molecule has 3 N–H and O–H groups in total. The average molecular weight is 422 g/mol. The molecular formula is C21H31N3O4S. The van der Waals surface area contributed by atoms with Crippen molar-refractivity contribution in [3.8, 4) is 0 Å². The normalized spacial score (nSPS) is 19.4. The Kier molecular flexibility index (Phi) is 7.29. The third-order valence-electron chi connectivity index (χ3n) is 5.93. The van der Waals surface area contributed by atoms with Crippen LogP contribution in [0.2, 0.25) is 0 Å². The van der Waals surface area contributed by atoms with Gasteiger partial charge in [0.05, 0.1) is 5.56 Å². The lowest BCUT2D eigenvalue weighted by Gasteiger charge is -2.33. The second-order valence-electron chi connectivity index (χ2n) is 8.21. The van der Waals surface area contributed by atoms with Crippen molar-refractivity contribution in [2.45, 2.75) is 64.3 Å². The van der Waals surface area contributed by atoms with Gasteiger partial charge in [0.2, 0.25) is 11.8 Å². The highest BCUT2D eigenvalue weighted by Gasteiger charge is 2.30. The van der Waals surface area contributed by atoms with E-state index in [1.165, 1.54) is 18.4 Å². The number of carbonyl (C=O) groups is 3. The Bertz CT molecular complexity index is 770. The first-order valence-corrected chi connectivity index (χ1v) is 11.2. The summed E-state index contributed by atoms with van der Waals surface area (Å²) in [5, 5.41) is 3.39. The predicted octanol–water partition coefficient (Wildman–Crippen LogP) is 2.72. The summed E-state index contributed by atoms with van der Waals surface area (Å²) in [4.78, 5) is 40.2. The zero-order chi connectivity index (χ0) is 21.0. The molecule has 160 valence electrons. The molecular weight excluding hydrogens is 390 g/mol. The molecule has 1 aromatic rings. The molecule has 3 amide bonds. The largest absolute Gasteiger partial charge is 0.375 e. The molecule has 3 rings (SSSR count). The van der Waals surface area contributed by atoms with Gasteiger partial charge >= 0.3 is 0 Å². The number of nitrogens with zero attached hydrogens (tertiary/aromatic N) is 1. The molecule has 0 aliphatic heterocycles. The fraction of sp³-hybridized carbons (Fsp3) is 0.667. The molecule has 1 atom stereocenters. The molecule has 0 unspecified atom stereocenters. The Hall–Kier alpha value is -1.93. The van der Waals surface area contributed by atoms with Gasteiger partial charge in [-0.05, 0) is 43.6 Å². The molecule has 0 bridgehead atoms. The van der Waals surface area contributed by atoms with Crippen molar-refractivity contribution in [1.29, 1.82) is 0 Å². The lowest BCUT2D eigenvalue weighted by atomic mass is 9.88. The van der Waals surface area contributed by atoms with Gasteiger partial charge in [0.15, 0.2) is 0 Å². The van der Waals surface area contributed by atoms with E-state index in [9.17, 15) is 14.4 Å². The summed E-state index contributed by atoms with van der Waals surface area (Å²) in [6.07, 6.45) is 7.81. The molecule has 1 fully saturated rings. The van der Waals surface area contributed by atoms with Gasteiger partial charge < -0.3 is 20.7 Å². The highest BCUT2D eigenvalue weighted by atomic mass is 32.1. The van der Waals surface area contributed by atoms with E-state index < -0.39 is 5.91 Å². The van der Waals surface area contributed by atoms with Gasteiger partial charge in [0, 0.05) is 18.0 Å². The summed E-state index contributed by atoms with van der Waals surface area (Å²) in [7, 11) is 1.48. The minimum atomic E-state index is -0.507. The monoisotopic (exact) mass is 421 g/mol. The Labute approximate surface area is 176 Å². The summed E-state index contributed by atoms with van der Waals surface area (Å²) in [6, 6.07) is 0.0603. The lowest BCUT2D eigenvalue weighted by molar-refractivity contribution is -0.141. The molecule has 29 heavy (non-hydrogen) atoms. The number of amides is 3. The molecule has 0 radical (unpaired) electrons. The average Bonchev–Trinajstić information content (AvgIpc) is 3.03. The lowest BCUT2D eigenvalue weighted by Crippen LogP contribution is -2.47. The van der Waals surface area contributed by atoms with E-state index in [1.54, 1.807) is 4.90 Å². The maximum Gasteiger partial charge on any atom is 0.251 e. The van der Waals surface area contributed by atoms with Crippen LogP contribution in [0.1, 0.15) is 66.2 Å². The Morgan fingerprint density at radius 1 is 1.21 bits per heavy atom. The van der Waals surface area contributed by atoms with Crippen LogP contribution in [0.4, 0.5) is 5.00 Å². The first-order valence-electron chi connectivity index (χ1n) is 10.4. The van der Waals surface area contributed by atoms with Crippen LogP contribution in [0, 0.1) is 5.92 Å². The standard InChI is InChI=1S/C21H31N3O4S/c1-13-8-9-15-16(10-13)29-21(19(15)20(22)27)23-17(25)11-24(18(26)12-28-2)14-6-4-3-5-7-14/h13-14H,3-12H2,1-2H3,(H2,22,27)(H,23,25)/t13-/m1/s1. The zero-order valence-corrected chi connectivity index (χ0v) is 18.1. The van der Waals surface area contributed by atoms with Gasteiger partial charge in [-0.15, -0.1) is 11.3 Å². The van der Waals surface area contributed by atoms with Crippen LogP contribution in [0.5, 0.6) is 0 Å². The van der Waals surface area contributed by atoms with Crippen LogP contribution < -0.4 is 11.1 Å². The van der Waals surface area contributed by atoms with Crippen molar-refractivity contribution >= 4 is 34.1 Å². The molecule has 1 saturated carbocycles. The van der Waals surface area contributed by atoms with Gasteiger partial charge in [-0.3, -0.25) is 14.4 Å². The maximum absolute atomic E-state index is 12.8. The number of anilines is 1. The highest BCUT2D eigenvalue weighted by molar-refractivity contribution is 7.17. The van der Waals surface area contributed by atoms with Gasteiger partial charge in [-0.1, -0.05) is 26.2 Å². The van der Waals surface area contributed by atoms with Crippen molar-refractivity contribution in [1.82, 2.24) is 4.90 Å². The predicted molar refractivity (Wildman–Crippen MR) is 113 cm³/mol. The molecule has 1 heterocycles. The second-order valence-corrected chi connectivity index (χ2v) is 9.32. The zero-order valence-electron chi connectivity index (χ0n) is 17.3. The minimum absolute atomic E-state index is 0.0377. The van der Waals surface area contributed by atoms with E-state index in [4.69, 9.17) is 10.5 Å². The summed E-state index contributed by atoms with van der Waals surface area (Å²) in [5.41, 5.74) is 7.06. The van der Waals surface area contributed by atoms with E-state index in [1.807, 2.05) is 0 Å². The van der Waals surface area contributed by atoms with E-state index in [0.717, 1.165) is 61.8 Å². The van der Waals surface area contributed by atoms with Crippen molar-refractivity contribution in [3.63, 3.8) is 0 Å². The highest BCUT2D eigenvalue weighted by Crippen LogP contribution is 2.39. The molecule has 1 aromatic heterocycles. The van der Waals surface area contributed by atoms with Gasteiger partial charge in [0.1, 0.15) is 18.2 Å². The Balaban J connectivity index is 1.76. The number of rotatable bonds is 7.